The summed E-state index contributed by atoms with van der Waals surface area (Å²) in [6.45, 7) is 5.52. The van der Waals surface area contributed by atoms with Crippen molar-refractivity contribution in [2.24, 2.45) is 5.92 Å². The van der Waals surface area contributed by atoms with Crippen molar-refractivity contribution in [2.45, 2.75) is 39.2 Å². The molecule has 2 aromatic carbocycles. The van der Waals surface area contributed by atoms with Crippen molar-refractivity contribution in [1.29, 1.82) is 0 Å². The fourth-order valence-corrected chi connectivity index (χ4v) is 4.18. The molecule has 1 atom stereocenters. The summed E-state index contributed by atoms with van der Waals surface area (Å²) in [6, 6.07) is 15.3. The average molecular weight is 439 g/mol. The highest BCUT2D eigenvalue weighted by atomic mass is 16.5. The van der Waals surface area contributed by atoms with E-state index in [4.69, 9.17) is 9.84 Å². The lowest BCUT2D eigenvalue weighted by atomic mass is 9.98. The van der Waals surface area contributed by atoms with E-state index in [0.29, 0.717) is 13.0 Å². The van der Waals surface area contributed by atoms with E-state index in [1.807, 2.05) is 43.3 Å². The molecule has 0 spiro atoms. The van der Waals surface area contributed by atoms with E-state index >= 15 is 0 Å². The van der Waals surface area contributed by atoms with E-state index < -0.39 is 30.6 Å². The number of aliphatic carboxylic acids is 1. The normalized spacial score (nSPS) is 13.2. The molecule has 0 aromatic heterocycles. The van der Waals surface area contributed by atoms with Crippen LogP contribution in [0, 0.1) is 5.92 Å². The Morgan fingerprint density at radius 1 is 1.03 bits per heavy atom. The van der Waals surface area contributed by atoms with Crippen molar-refractivity contribution < 1.29 is 24.2 Å². The second-order valence-corrected chi connectivity index (χ2v) is 8.35. The summed E-state index contributed by atoms with van der Waals surface area (Å²) < 4.78 is 5.55. The molecule has 1 aliphatic carbocycles. The highest BCUT2D eigenvalue weighted by molar-refractivity contribution is 5.88. The summed E-state index contributed by atoms with van der Waals surface area (Å²) in [7, 11) is 0. The van der Waals surface area contributed by atoms with Crippen molar-refractivity contribution in [3.63, 3.8) is 0 Å². The molecular weight excluding hydrogens is 408 g/mol. The smallest absolute Gasteiger partial charge is 0.407 e. The number of rotatable bonds is 9. The molecule has 2 aromatic rings. The van der Waals surface area contributed by atoms with E-state index in [1.165, 1.54) is 4.90 Å². The molecule has 170 valence electrons. The Labute approximate surface area is 188 Å². The van der Waals surface area contributed by atoms with Crippen molar-refractivity contribution >= 4 is 18.0 Å². The zero-order valence-corrected chi connectivity index (χ0v) is 18.7. The molecule has 0 heterocycles. The maximum Gasteiger partial charge on any atom is 0.407 e. The molecule has 0 saturated carbocycles. The van der Waals surface area contributed by atoms with Gasteiger partial charge >= 0.3 is 12.1 Å². The van der Waals surface area contributed by atoms with Crippen LogP contribution >= 0.6 is 0 Å². The zero-order chi connectivity index (χ0) is 23.3. The summed E-state index contributed by atoms with van der Waals surface area (Å²) in [5.41, 5.74) is 4.48. The number of benzene rings is 2. The maximum absolute atomic E-state index is 12.9. The van der Waals surface area contributed by atoms with Gasteiger partial charge in [-0.1, -0.05) is 69.3 Å². The third-order valence-electron chi connectivity index (χ3n) is 5.68. The number of fused-ring (bicyclic) bond motifs is 3. The van der Waals surface area contributed by atoms with Gasteiger partial charge in [0.2, 0.25) is 5.91 Å². The minimum absolute atomic E-state index is 0.0787. The highest BCUT2D eigenvalue weighted by Crippen LogP contribution is 2.44. The molecule has 1 aliphatic rings. The highest BCUT2D eigenvalue weighted by Gasteiger charge is 2.32. The average Bonchev–Trinajstić information content (AvgIpc) is 3.08. The second kappa shape index (κ2) is 10.3. The summed E-state index contributed by atoms with van der Waals surface area (Å²) >= 11 is 0. The molecule has 7 heteroatoms. The van der Waals surface area contributed by atoms with Gasteiger partial charge in [0.05, 0.1) is 0 Å². The number of carboxylic acids is 1. The summed E-state index contributed by atoms with van der Waals surface area (Å²) in [4.78, 5) is 38.0. The number of ether oxygens (including phenoxy) is 1. The molecule has 7 nitrogen and oxygen atoms in total. The monoisotopic (exact) mass is 438 g/mol. The van der Waals surface area contributed by atoms with E-state index in [1.54, 1.807) is 13.8 Å². The van der Waals surface area contributed by atoms with Crippen LogP contribution in [0.4, 0.5) is 4.79 Å². The number of carbonyl (C=O) groups excluding carboxylic acids is 2. The van der Waals surface area contributed by atoms with Gasteiger partial charge in [-0.05, 0) is 34.6 Å². The fraction of sp³-hybridized carbons (Fsp3) is 0.400. The quantitative estimate of drug-likeness (QED) is 0.620. The second-order valence-electron chi connectivity index (χ2n) is 8.35. The van der Waals surface area contributed by atoms with Gasteiger partial charge < -0.3 is 20.1 Å². The van der Waals surface area contributed by atoms with Crippen LogP contribution in [0.5, 0.6) is 0 Å². The van der Waals surface area contributed by atoms with E-state index in [2.05, 4.69) is 17.4 Å². The van der Waals surface area contributed by atoms with Crippen molar-refractivity contribution in [1.82, 2.24) is 10.2 Å². The number of amides is 2. The van der Waals surface area contributed by atoms with Crippen LogP contribution in [0.15, 0.2) is 48.5 Å². The van der Waals surface area contributed by atoms with Gasteiger partial charge in [-0.2, -0.15) is 0 Å². The number of hydrogen-bond donors (Lipinski definition) is 2. The third-order valence-corrected chi connectivity index (χ3v) is 5.68. The number of nitrogens with one attached hydrogen (secondary N) is 1. The van der Waals surface area contributed by atoms with Gasteiger partial charge in [0, 0.05) is 12.5 Å². The van der Waals surface area contributed by atoms with Crippen molar-refractivity contribution in [2.75, 3.05) is 19.7 Å². The first-order valence-corrected chi connectivity index (χ1v) is 11.0. The van der Waals surface area contributed by atoms with E-state index in [9.17, 15) is 14.4 Å². The van der Waals surface area contributed by atoms with Crippen LogP contribution < -0.4 is 5.32 Å². The minimum atomic E-state index is -1.09. The van der Waals surface area contributed by atoms with Crippen LogP contribution in [0.25, 0.3) is 11.1 Å². The van der Waals surface area contributed by atoms with Gasteiger partial charge in [0.25, 0.3) is 0 Å². The van der Waals surface area contributed by atoms with Gasteiger partial charge in [-0.3, -0.25) is 9.59 Å². The van der Waals surface area contributed by atoms with Crippen LogP contribution in [0.1, 0.15) is 44.2 Å². The third kappa shape index (κ3) is 5.10. The Hall–Kier alpha value is -3.35. The molecular formula is C25H30N2O5. The molecule has 2 N–H and O–H groups in total. The maximum atomic E-state index is 12.9. The Morgan fingerprint density at radius 3 is 2.09 bits per heavy atom. The number of carbonyl (C=O) groups is 3. The molecule has 0 bridgehead atoms. The molecule has 3 rings (SSSR count). The number of hydrogen-bond acceptors (Lipinski definition) is 4. The molecule has 0 aliphatic heterocycles. The number of nitrogens with zero attached hydrogens (tertiary/aromatic N) is 1. The Morgan fingerprint density at radius 2 is 1.59 bits per heavy atom. The van der Waals surface area contributed by atoms with Crippen LogP contribution in [0.2, 0.25) is 0 Å². The predicted molar refractivity (Wildman–Crippen MR) is 121 cm³/mol. The standard InChI is InChI=1S/C25H30N2O5/c1-4-13-27(14-22(28)29)24(30)23(16(2)3)26-25(31)32-15-21-19-11-7-5-9-17(19)18-10-6-8-12-20(18)21/h5-12,16,21,23H,4,13-15H2,1-3H3,(H,26,31)(H,28,29)/t23-/m1/s1. The first-order chi connectivity index (χ1) is 15.3. The van der Waals surface area contributed by atoms with Crippen LogP contribution in [-0.4, -0.2) is 53.7 Å². The van der Waals surface area contributed by atoms with Crippen molar-refractivity contribution in [3.8, 4) is 11.1 Å². The predicted octanol–water partition coefficient (Wildman–Crippen LogP) is 3.87. The molecule has 0 saturated heterocycles. The van der Waals surface area contributed by atoms with E-state index in [0.717, 1.165) is 22.3 Å². The van der Waals surface area contributed by atoms with Gasteiger partial charge in [0.1, 0.15) is 19.2 Å². The van der Waals surface area contributed by atoms with Gasteiger partial charge in [-0.25, -0.2) is 4.79 Å². The molecule has 0 radical (unpaired) electrons. The van der Waals surface area contributed by atoms with Gasteiger partial charge in [0.15, 0.2) is 0 Å². The molecule has 0 unspecified atom stereocenters. The lowest BCUT2D eigenvalue weighted by molar-refractivity contribution is -0.145. The minimum Gasteiger partial charge on any atom is -0.480 e. The van der Waals surface area contributed by atoms with Crippen LogP contribution in [0.3, 0.4) is 0 Å². The molecule has 32 heavy (non-hydrogen) atoms. The van der Waals surface area contributed by atoms with Crippen molar-refractivity contribution in [3.05, 3.63) is 59.7 Å². The van der Waals surface area contributed by atoms with Crippen LogP contribution in [-0.2, 0) is 14.3 Å². The molecule has 2 amide bonds. The lowest BCUT2D eigenvalue weighted by Gasteiger charge is -2.28. The van der Waals surface area contributed by atoms with Gasteiger partial charge in [-0.15, -0.1) is 0 Å². The first-order valence-electron chi connectivity index (χ1n) is 11.0. The number of carboxylic acid groups (broad SMARTS) is 1. The Kier molecular flexibility index (Phi) is 7.51. The molecule has 0 fully saturated rings. The summed E-state index contributed by atoms with van der Waals surface area (Å²) in [5, 5.41) is 11.8. The zero-order valence-electron chi connectivity index (χ0n) is 18.7. The SMILES string of the molecule is CCCN(CC(=O)O)C(=O)[C@H](NC(=O)OCC1c2ccccc2-c2ccccc21)C(C)C. The number of alkyl carbamates (subject to hydrolysis) is 1. The summed E-state index contributed by atoms with van der Waals surface area (Å²) in [5.74, 6) is -1.81. The largest absolute Gasteiger partial charge is 0.480 e. The lowest BCUT2D eigenvalue weighted by Crippen LogP contribution is -2.52. The Bertz CT molecular complexity index is 942. The Balaban J connectivity index is 1.69. The van der Waals surface area contributed by atoms with E-state index in [-0.39, 0.29) is 18.4 Å². The summed E-state index contributed by atoms with van der Waals surface area (Å²) in [6.07, 6.45) is -0.0694. The topological polar surface area (TPSA) is 95.9 Å². The fourth-order valence-electron chi connectivity index (χ4n) is 4.18. The first kappa shape index (κ1) is 23.3.